The first-order valence-corrected chi connectivity index (χ1v) is 6.53. The molecule has 0 saturated heterocycles. The van der Waals surface area contributed by atoms with Crippen molar-refractivity contribution in [3.05, 3.63) is 26.3 Å². The van der Waals surface area contributed by atoms with Crippen molar-refractivity contribution >= 4 is 15.9 Å². The third-order valence-corrected chi connectivity index (χ3v) is 3.45. The van der Waals surface area contributed by atoms with Crippen LogP contribution in [0.5, 0.6) is 0 Å². The summed E-state index contributed by atoms with van der Waals surface area (Å²) in [7, 11) is 0. The van der Waals surface area contributed by atoms with Crippen LogP contribution in [-0.2, 0) is 6.42 Å². The summed E-state index contributed by atoms with van der Waals surface area (Å²) in [5.41, 5.74) is 0.801. The van der Waals surface area contributed by atoms with Crippen LogP contribution in [0.1, 0.15) is 51.6 Å². The van der Waals surface area contributed by atoms with Gasteiger partial charge in [-0.3, -0.25) is 4.79 Å². The second-order valence-electron chi connectivity index (χ2n) is 4.62. The van der Waals surface area contributed by atoms with Crippen LogP contribution in [-0.4, -0.2) is 9.97 Å². The Hall–Kier alpha value is -0.640. The van der Waals surface area contributed by atoms with Gasteiger partial charge in [-0.1, -0.05) is 27.7 Å². The van der Waals surface area contributed by atoms with Gasteiger partial charge in [0.05, 0.1) is 5.69 Å². The van der Waals surface area contributed by atoms with Gasteiger partial charge in [0, 0.05) is 5.92 Å². The zero-order chi connectivity index (χ0) is 12.3. The summed E-state index contributed by atoms with van der Waals surface area (Å²) in [6.45, 7) is 8.41. The van der Waals surface area contributed by atoms with Crippen molar-refractivity contribution in [1.82, 2.24) is 9.97 Å². The van der Waals surface area contributed by atoms with Gasteiger partial charge in [-0.25, -0.2) is 4.98 Å². The Bertz CT molecular complexity index is 412. The fraction of sp³-hybridized carbons (Fsp3) is 0.667. The van der Waals surface area contributed by atoms with E-state index in [-0.39, 0.29) is 5.56 Å². The zero-order valence-corrected chi connectivity index (χ0v) is 11.9. The van der Waals surface area contributed by atoms with Gasteiger partial charge in [0.15, 0.2) is 0 Å². The van der Waals surface area contributed by atoms with Crippen molar-refractivity contribution < 1.29 is 0 Å². The topological polar surface area (TPSA) is 45.8 Å². The Balaban J connectivity index is 3.17. The molecule has 1 N–H and O–H groups in total. The summed E-state index contributed by atoms with van der Waals surface area (Å²) in [5, 5.41) is 0. The standard InChI is InChI=1S/C12H19BrN2O/c1-5-8(4)11-14-9(6-7(2)3)10(13)12(16)15-11/h7-8H,5-6H2,1-4H3,(H,14,15,16). The van der Waals surface area contributed by atoms with Gasteiger partial charge in [-0.05, 0) is 34.7 Å². The van der Waals surface area contributed by atoms with Crippen molar-refractivity contribution in [3.8, 4) is 0 Å². The quantitative estimate of drug-likeness (QED) is 0.924. The van der Waals surface area contributed by atoms with Crippen molar-refractivity contribution in [1.29, 1.82) is 0 Å². The lowest BCUT2D eigenvalue weighted by molar-refractivity contribution is 0.610. The van der Waals surface area contributed by atoms with E-state index in [4.69, 9.17) is 0 Å². The van der Waals surface area contributed by atoms with E-state index >= 15 is 0 Å². The Kier molecular flexibility index (Phi) is 4.71. The molecular formula is C12H19BrN2O. The van der Waals surface area contributed by atoms with E-state index in [1.165, 1.54) is 0 Å². The largest absolute Gasteiger partial charge is 0.309 e. The molecule has 90 valence electrons. The molecule has 1 atom stereocenters. The van der Waals surface area contributed by atoms with Crippen LogP contribution in [0.4, 0.5) is 0 Å². The van der Waals surface area contributed by atoms with Crippen LogP contribution >= 0.6 is 15.9 Å². The molecule has 0 spiro atoms. The molecule has 0 bridgehead atoms. The van der Waals surface area contributed by atoms with Crippen LogP contribution in [0.2, 0.25) is 0 Å². The van der Waals surface area contributed by atoms with E-state index in [0.717, 1.165) is 24.4 Å². The number of nitrogens with zero attached hydrogens (tertiary/aromatic N) is 1. The van der Waals surface area contributed by atoms with Gasteiger partial charge in [0.2, 0.25) is 0 Å². The molecule has 1 heterocycles. The maximum atomic E-state index is 11.7. The lowest BCUT2D eigenvalue weighted by Crippen LogP contribution is -2.18. The first-order valence-electron chi connectivity index (χ1n) is 5.74. The van der Waals surface area contributed by atoms with E-state index in [2.05, 4.69) is 53.6 Å². The molecule has 0 aliphatic carbocycles. The average Bonchev–Trinajstić information content (AvgIpc) is 2.22. The highest BCUT2D eigenvalue weighted by Gasteiger charge is 2.13. The van der Waals surface area contributed by atoms with Gasteiger partial charge >= 0.3 is 0 Å². The third-order valence-electron chi connectivity index (χ3n) is 2.63. The van der Waals surface area contributed by atoms with Crippen LogP contribution in [0, 0.1) is 5.92 Å². The number of halogens is 1. The molecule has 4 heteroatoms. The Morgan fingerprint density at radius 3 is 2.50 bits per heavy atom. The molecule has 0 aromatic carbocycles. The normalized spacial score (nSPS) is 13.1. The summed E-state index contributed by atoms with van der Waals surface area (Å²) >= 11 is 3.31. The minimum Gasteiger partial charge on any atom is -0.309 e. The Labute approximate surface area is 105 Å². The Morgan fingerprint density at radius 1 is 1.38 bits per heavy atom. The summed E-state index contributed by atoms with van der Waals surface area (Å²) in [4.78, 5) is 19.1. The number of aromatic amines is 1. The third kappa shape index (κ3) is 3.17. The Morgan fingerprint density at radius 2 is 2.00 bits per heavy atom. The highest BCUT2D eigenvalue weighted by molar-refractivity contribution is 9.10. The van der Waals surface area contributed by atoms with E-state index in [9.17, 15) is 4.79 Å². The first-order chi connectivity index (χ1) is 7.45. The molecule has 1 unspecified atom stereocenters. The smallest absolute Gasteiger partial charge is 0.265 e. The minimum atomic E-state index is -0.0686. The molecule has 0 radical (unpaired) electrons. The van der Waals surface area contributed by atoms with Gasteiger partial charge in [0.25, 0.3) is 5.56 Å². The molecule has 0 fully saturated rings. The summed E-state index contributed by atoms with van der Waals surface area (Å²) < 4.78 is 0.577. The second-order valence-corrected chi connectivity index (χ2v) is 5.41. The number of rotatable bonds is 4. The van der Waals surface area contributed by atoms with Crippen LogP contribution in [0.25, 0.3) is 0 Å². The number of aromatic nitrogens is 2. The van der Waals surface area contributed by atoms with Gasteiger partial charge in [-0.2, -0.15) is 0 Å². The molecule has 1 rings (SSSR count). The van der Waals surface area contributed by atoms with Crippen LogP contribution in [0.15, 0.2) is 9.27 Å². The van der Waals surface area contributed by atoms with Gasteiger partial charge < -0.3 is 4.98 Å². The van der Waals surface area contributed by atoms with E-state index in [1.807, 2.05) is 0 Å². The fourth-order valence-electron chi connectivity index (χ4n) is 1.47. The van der Waals surface area contributed by atoms with Crippen LogP contribution in [0.3, 0.4) is 0 Å². The molecule has 1 aromatic heterocycles. The maximum absolute atomic E-state index is 11.7. The molecular weight excluding hydrogens is 268 g/mol. The SMILES string of the molecule is CCC(C)c1nc(CC(C)C)c(Br)c(=O)[nH]1. The molecule has 0 saturated carbocycles. The van der Waals surface area contributed by atoms with Crippen molar-refractivity contribution in [3.63, 3.8) is 0 Å². The van der Waals surface area contributed by atoms with E-state index in [1.54, 1.807) is 0 Å². The number of hydrogen-bond acceptors (Lipinski definition) is 2. The number of hydrogen-bond donors (Lipinski definition) is 1. The molecule has 0 aliphatic heterocycles. The molecule has 16 heavy (non-hydrogen) atoms. The summed E-state index contributed by atoms with van der Waals surface area (Å²) in [5.74, 6) is 1.59. The highest BCUT2D eigenvalue weighted by atomic mass is 79.9. The maximum Gasteiger partial charge on any atom is 0.265 e. The molecule has 1 aromatic rings. The molecule has 0 amide bonds. The average molecular weight is 287 g/mol. The van der Waals surface area contributed by atoms with E-state index < -0.39 is 0 Å². The fourth-order valence-corrected chi connectivity index (χ4v) is 1.82. The van der Waals surface area contributed by atoms with E-state index in [0.29, 0.717) is 16.3 Å². The highest BCUT2D eigenvalue weighted by Crippen LogP contribution is 2.18. The summed E-state index contributed by atoms with van der Waals surface area (Å²) in [6, 6.07) is 0. The minimum absolute atomic E-state index is 0.0686. The molecule has 0 aliphatic rings. The van der Waals surface area contributed by atoms with Gasteiger partial charge in [0.1, 0.15) is 10.3 Å². The molecule has 3 nitrogen and oxygen atoms in total. The summed E-state index contributed by atoms with van der Waals surface area (Å²) in [6.07, 6.45) is 1.81. The monoisotopic (exact) mass is 286 g/mol. The second kappa shape index (κ2) is 5.62. The van der Waals surface area contributed by atoms with Crippen molar-refractivity contribution in [2.24, 2.45) is 5.92 Å². The predicted octanol–water partition coefficient (Wildman–Crippen LogP) is 3.24. The van der Waals surface area contributed by atoms with Crippen molar-refractivity contribution in [2.75, 3.05) is 0 Å². The number of H-pyrrole nitrogens is 1. The first kappa shape index (κ1) is 13.4. The van der Waals surface area contributed by atoms with Crippen LogP contribution < -0.4 is 5.56 Å². The van der Waals surface area contributed by atoms with Crippen molar-refractivity contribution in [2.45, 2.75) is 46.5 Å². The van der Waals surface area contributed by atoms with Gasteiger partial charge in [-0.15, -0.1) is 0 Å². The number of nitrogens with one attached hydrogen (secondary N) is 1. The zero-order valence-electron chi connectivity index (χ0n) is 10.3. The lowest BCUT2D eigenvalue weighted by Gasteiger charge is -2.12. The lowest BCUT2D eigenvalue weighted by atomic mass is 10.1. The predicted molar refractivity (Wildman–Crippen MR) is 69.8 cm³/mol.